The standard InChI is InChI=1S/C12H20N2O2.C10H20N4O2S.C10H20N4/c1-11(2,3)13-7-8(10(16)9(7)15)14-12(4,5)6;1-9(2,3)11-7-8(12-10(4,5)6)14-17(15,16)13-7;1-9(2,3)13-8(12-7-11)14-10(4,5)6/h13-14H,1-6H3;1-6H3,(H,11,13)(H,12,14);1-6H3,(H2,12,13,14). The first-order chi connectivity index (χ1) is 20.5. The zero-order valence-electron chi connectivity index (χ0n) is 31.8. The highest BCUT2D eigenvalue weighted by Crippen LogP contribution is 2.22. The van der Waals surface area contributed by atoms with Gasteiger partial charge in [0.15, 0.2) is 17.9 Å². The summed E-state index contributed by atoms with van der Waals surface area (Å²) in [6.07, 6.45) is 1.87. The zero-order valence-corrected chi connectivity index (χ0v) is 32.6. The van der Waals surface area contributed by atoms with E-state index in [1.807, 2.05) is 131 Å². The first-order valence-electron chi connectivity index (χ1n) is 15.5. The lowest BCUT2D eigenvalue weighted by Crippen LogP contribution is -2.47. The highest BCUT2D eigenvalue weighted by atomic mass is 32.2. The summed E-state index contributed by atoms with van der Waals surface area (Å²) in [5.74, 6) is 1.06. The maximum atomic E-state index is 11.4. The number of guanidine groups is 1. The summed E-state index contributed by atoms with van der Waals surface area (Å²) in [6, 6.07) is 0. The summed E-state index contributed by atoms with van der Waals surface area (Å²) in [5, 5.41) is 20.3. The monoisotopic (exact) mass is 680 g/mol. The molecule has 6 N–H and O–H groups in total. The second-order valence-electron chi connectivity index (χ2n) is 17.4. The second kappa shape index (κ2) is 15.0. The average molecular weight is 681 g/mol. The van der Waals surface area contributed by atoms with E-state index in [9.17, 15) is 18.0 Å². The molecule has 0 amide bonds. The van der Waals surface area contributed by atoms with Gasteiger partial charge in [0, 0.05) is 16.6 Å². The molecule has 47 heavy (non-hydrogen) atoms. The molecule has 1 aliphatic heterocycles. The van der Waals surface area contributed by atoms with Crippen LogP contribution in [0.5, 0.6) is 0 Å². The smallest absolute Gasteiger partial charge is 0.324 e. The maximum absolute atomic E-state index is 11.4. The lowest BCUT2D eigenvalue weighted by atomic mass is 10.0. The van der Waals surface area contributed by atoms with Crippen molar-refractivity contribution in [3.63, 3.8) is 0 Å². The van der Waals surface area contributed by atoms with E-state index < -0.39 is 21.1 Å². The van der Waals surface area contributed by atoms with Crippen molar-refractivity contribution >= 4 is 39.2 Å². The molecule has 0 bridgehead atoms. The predicted octanol–water partition coefficient (Wildman–Crippen LogP) is 4.12. The fraction of sp³-hybridized carbons (Fsp3) is 0.750. The summed E-state index contributed by atoms with van der Waals surface area (Å²) in [7, 11) is -3.55. The normalized spacial score (nSPS) is 17.3. The average Bonchev–Trinajstić information content (AvgIpc) is 3.02. The number of rotatable bonds is 2. The molecule has 1 saturated heterocycles. The Morgan fingerprint density at radius 2 is 0.957 bits per heavy atom. The van der Waals surface area contributed by atoms with Crippen molar-refractivity contribution in [2.45, 2.75) is 158 Å². The van der Waals surface area contributed by atoms with Crippen LogP contribution in [0.4, 0.5) is 11.4 Å². The minimum absolute atomic E-state index is 0.103. The van der Waals surface area contributed by atoms with E-state index in [2.05, 4.69) is 45.7 Å². The van der Waals surface area contributed by atoms with E-state index in [0.29, 0.717) is 17.3 Å². The van der Waals surface area contributed by atoms with Crippen molar-refractivity contribution < 1.29 is 8.42 Å². The Bertz CT molecular complexity index is 1450. The summed E-state index contributed by atoms with van der Waals surface area (Å²) in [6.45, 7) is 35.0. The molecule has 2 rings (SSSR count). The third-order valence-electron chi connectivity index (χ3n) is 4.61. The van der Waals surface area contributed by atoms with Crippen molar-refractivity contribution in [2.75, 3.05) is 10.6 Å². The number of hydrogen-bond acceptors (Lipinski definition) is 10. The highest BCUT2D eigenvalue weighted by Gasteiger charge is 2.31. The Labute approximate surface area is 282 Å². The number of hydrogen-bond donors (Lipinski definition) is 6. The molecule has 0 unspecified atom stereocenters. The highest BCUT2D eigenvalue weighted by molar-refractivity contribution is 7.89. The summed E-state index contributed by atoms with van der Waals surface area (Å²) >= 11 is 0. The van der Waals surface area contributed by atoms with Gasteiger partial charge in [-0.05, 0) is 125 Å². The van der Waals surface area contributed by atoms with Crippen LogP contribution in [0.15, 0.2) is 24.6 Å². The molecule has 15 heteroatoms. The fourth-order valence-corrected chi connectivity index (χ4v) is 4.25. The van der Waals surface area contributed by atoms with Gasteiger partial charge in [-0.1, -0.05) is 0 Å². The predicted molar refractivity (Wildman–Crippen MR) is 196 cm³/mol. The molecule has 0 saturated carbocycles. The molecule has 0 aliphatic carbocycles. The van der Waals surface area contributed by atoms with Gasteiger partial charge >= 0.3 is 10.2 Å². The molecule has 1 aliphatic rings. The number of nitrogens with zero attached hydrogens (tertiary/aromatic N) is 4. The minimum atomic E-state index is -3.55. The topological polar surface area (TPSA) is 201 Å². The van der Waals surface area contributed by atoms with Crippen LogP contribution in [0.25, 0.3) is 0 Å². The molecule has 1 aromatic rings. The Balaban J connectivity index is 0.000000679. The molecular weight excluding hydrogens is 620 g/mol. The molecular formula is C32H60N10O4S. The van der Waals surface area contributed by atoms with E-state index in [1.54, 1.807) is 0 Å². The summed E-state index contributed by atoms with van der Waals surface area (Å²) < 4.78 is 27.6. The number of nitrogens with one attached hydrogen (secondary N) is 6. The van der Waals surface area contributed by atoms with E-state index in [1.165, 1.54) is 0 Å². The molecule has 0 atom stereocenters. The van der Waals surface area contributed by atoms with Crippen LogP contribution in [0.1, 0.15) is 125 Å². The van der Waals surface area contributed by atoms with Gasteiger partial charge in [0.05, 0.1) is 16.6 Å². The first-order valence-corrected chi connectivity index (χ1v) is 16.9. The molecule has 14 nitrogen and oxygen atoms in total. The van der Waals surface area contributed by atoms with Crippen molar-refractivity contribution in [1.29, 1.82) is 5.26 Å². The number of anilines is 2. The fourth-order valence-electron chi connectivity index (χ4n) is 3.41. The van der Waals surface area contributed by atoms with Crippen LogP contribution in [0, 0.1) is 11.5 Å². The van der Waals surface area contributed by atoms with Crippen LogP contribution < -0.4 is 41.6 Å². The van der Waals surface area contributed by atoms with Gasteiger partial charge in [-0.3, -0.25) is 24.9 Å². The Kier molecular flexibility index (Phi) is 13.9. The van der Waals surface area contributed by atoms with E-state index in [0.717, 1.165) is 0 Å². The van der Waals surface area contributed by atoms with E-state index >= 15 is 0 Å². The maximum Gasteiger partial charge on any atom is 0.324 e. The molecule has 268 valence electrons. The van der Waals surface area contributed by atoms with E-state index in [4.69, 9.17) is 5.26 Å². The number of aliphatic imine (C=N–C) groups is 3. The van der Waals surface area contributed by atoms with Crippen LogP contribution in [-0.2, 0) is 10.2 Å². The van der Waals surface area contributed by atoms with Gasteiger partial charge in [-0.2, -0.15) is 13.7 Å². The van der Waals surface area contributed by atoms with E-state index in [-0.39, 0.29) is 44.9 Å². The molecule has 0 radical (unpaired) electrons. The zero-order chi connectivity index (χ0) is 37.6. The third kappa shape index (κ3) is 19.6. The van der Waals surface area contributed by atoms with Gasteiger partial charge in [0.1, 0.15) is 11.4 Å². The Morgan fingerprint density at radius 1 is 0.617 bits per heavy atom. The molecule has 0 spiro atoms. The van der Waals surface area contributed by atoms with Gasteiger partial charge in [0.2, 0.25) is 5.96 Å². The lowest BCUT2D eigenvalue weighted by Gasteiger charge is -2.28. The Morgan fingerprint density at radius 3 is 1.19 bits per heavy atom. The van der Waals surface area contributed by atoms with Crippen molar-refractivity contribution in [2.24, 2.45) is 15.0 Å². The lowest BCUT2D eigenvalue weighted by molar-refractivity contribution is 0.495. The van der Waals surface area contributed by atoms with Gasteiger partial charge in [0.25, 0.3) is 10.9 Å². The van der Waals surface area contributed by atoms with Crippen LogP contribution in [-0.4, -0.2) is 59.3 Å². The minimum Gasteiger partial charge on any atom is -0.375 e. The molecule has 0 aromatic heterocycles. The van der Waals surface area contributed by atoms with Crippen molar-refractivity contribution in [1.82, 2.24) is 20.1 Å². The first kappa shape index (κ1) is 43.3. The molecule has 1 fully saturated rings. The largest absolute Gasteiger partial charge is 0.375 e. The van der Waals surface area contributed by atoms with Gasteiger partial charge in [-0.15, -0.1) is 0 Å². The quantitative estimate of drug-likeness (QED) is 0.0874. The van der Waals surface area contributed by atoms with Crippen LogP contribution in [0.2, 0.25) is 0 Å². The number of nitriles is 1. The molecule has 1 aromatic carbocycles. The summed E-state index contributed by atoms with van der Waals surface area (Å²) in [5.41, 5.74) is -1.54. The van der Waals surface area contributed by atoms with Crippen molar-refractivity contribution in [3.05, 3.63) is 20.4 Å². The Hall–Kier alpha value is -3.67. The number of amidine groups is 2. The van der Waals surface area contributed by atoms with Crippen LogP contribution in [0.3, 0.4) is 0 Å². The molecule has 1 heterocycles. The SMILES string of the molecule is CC(C)(C)N=C(NC#N)NC(C)(C)C.CC(C)(C)N=C1NS(=O)(=O)NC1=NC(C)(C)C.CC(C)(C)Nc1c(NC(C)(C)C)c(=O)c1=O. The van der Waals surface area contributed by atoms with Crippen molar-refractivity contribution in [3.8, 4) is 6.19 Å². The van der Waals surface area contributed by atoms with Gasteiger partial charge < -0.3 is 16.0 Å². The van der Waals surface area contributed by atoms with Gasteiger partial charge in [-0.25, -0.2) is 14.4 Å². The third-order valence-corrected chi connectivity index (χ3v) is 5.53. The second-order valence-corrected chi connectivity index (χ2v) is 18.8. The summed E-state index contributed by atoms with van der Waals surface area (Å²) in [4.78, 5) is 35.8. The van der Waals surface area contributed by atoms with Crippen LogP contribution >= 0.6 is 0 Å².